The number of carbonyl (C=O) groups excluding carboxylic acids is 1. The Labute approximate surface area is 108 Å². The molecule has 1 heterocycles. The first kappa shape index (κ1) is 12.9. The molecule has 0 aliphatic carbocycles. The number of nitrogens with two attached hydrogens (primary N) is 1. The molecule has 1 aliphatic rings. The molecule has 1 amide bonds. The molecule has 2 rings (SSSR count). The molecule has 2 unspecified atom stereocenters. The summed E-state index contributed by atoms with van der Waals surface area (Å²) >= 11 is 0. The molecule has 1 fully saturated rings. The molecular weight excluding hydrogens is 228 g/mol. The van der Waals surface area contributed by atoms with Crippen molar-refractivity contribution in [1.29, 1.82) is 0 Å². The van der Waals surface area contributed by atoms with Crippen molar-refractivity contribution in [3.63, 3.8) is 0 Å². The number of nitrogens with zero attached hydrogens (tertiary/aromatic N) is 1. The summed E-state index contributed by atoms with van der Waals surface area (Å²) in [6, 6.07) is 9.25. The van der Waals surface area contributed by atoms with Crippen molar-refractivity contribution >= 4 is 6.09 Å². The predicted octanol–water partition coefficient (Wildman–Crippen LogP) is 2.24. The van der Waals surface area contributed by atoms with Gasteiger partial charge in [-0.1, -0.05) is 25.1 Å². The van der Waals surface area contributed by atoms with Crippen LogP contribution in [0.3, 0.4) is 0 Å². The lowest BCUT2D eigenvalue weighted by atomic mass is 9.93. The average Bonchev–Trinajstić information content (AvgIpc) is 2.39. The van der Waals surface area contributed by atoms with E-state index in [0.29, 0.717) is 18.2 Å². The molecule has 4 nitrogen and oxygen atoms in total. The van der Waals surface area contributed by atoms with Crippen molar-refractivity contribution in [1.82, 2.24) is 4.90 Å². The first-order valence-electron chi connectivity index (χ1n) is 6.44. The van der Waals surface area contributed by atoms with Crippen LogP contribution >= 0.6 is 0 Å². The Morgan fingerprint density at radius 1 is 1.44 bits per heavy atom. The van der Waals surface area contributed by atoms with E-state index in [1.165, 1.54) is 0 Å². The van der Waals surface area contributed by atoms with E-state index in [2.05, 4.69) is 6.92 Å². The van der Waals surface area contributed by atoms with Crippen LogP contribution in [-0.4, -0.2) is 30.1 Å². The Morgan fingerprint density at radius 3 is 2.83 bits per heavy atom. The quantitative estimate of drug-likeness (QED) is 0.873. The van der Waals surface area contributed by atoms with Crippen molar-refractivity contribution in [3.05, 3.63) is 30.3 Å². The minimum Gasteiger partial charge on any atom is -0.410 e. The highest BCUT2D eigenvalue weighted by Crippen LogP contribution is 2.23. The molecule has 0 radical (unpaired) electrons. The van der Waals surface area contributed by atoms with Crippen LogP contribution in [0.25, 0.3) is 0 Å². The standard InChI is InChI=1S/C14H20N2O2/c1-11-7-8-16(12(9-11)10-15)14(17)18-13-5-3-2-4-6-13/h2-6,11-12H,7-10,15H2,1H3. The van der Waals surface area contributed by atoms with Crippen LogP contribution in [0.5, 0.6) is 5.75 Å². The highest BCUT2D eigenvalue weighted by atomic mass is 16.6. The summed E-state index contributed by atoms with van der Waals surface area (Å²) in [7, 11) is 0. The van der Waals surface area contributed by atoms with Crippen molar-refractivity contribution < 1.29 is 9.53 Å². The minimum atomic E-state index is -0.288. The number of ether oxygens (including phenoxy) is 1. The Balaban J connectivity index is 1.99. The molecule has 2 N–H and O–H groups in total. The summed E-state index contributed by atoms with van der Waals surface area (Å²) in [5.74, 6) is 1.20. The van der Waals surface area contributed by atoms with Crippen molar-refractivity contribution in [2.24, 2.45) is 11.7 Å². The molecule has 1 saturated heterocycles. The summed E-state index contributed by atoms with van der Waals surface area (Å²) in [5, 5.41) is 0. The largest absolute Gasteiger partial charge is 0.415 e. The number of piperidine rings is 1. The molecule has 1 aliphatic heterocycles. The number of carbonyl (C=O) groups is 1. The molecule has 1 aromatic rings. The topological polar surface area (TPSA) is 55.6 Å². The number of rotatable bonds is 2. The fraction of sp³-hybridized carbons (Fsp3) is 0.500. The van der Waals surface area contributed by atoms with Gasteiger partial charge in [0.2, 0.25) is 0 Å². The van der Waals surface area contributed by atoms with E-state index in [1.807, 2.05) is 18.2 Å². The van der Waals surface area contributed by atoms with Gasteiger partial charge in [-0.2, -0.15) is 0 Å². The summed E-state index contributed by atoms with van der Waals surface area (Å²) in [6.45, 7) is 3.42. The van der Waals surface area contributed by atoms with Gasteiger partial charge in [0.15, 0.2) is 0 Å². The summed E-state index contributed by atoms with van der Waals surface area (Å²) in [5.41, 5.74) is 5.74. The zero-order chi connectivity index (χ0) is 13.0. The van der Waals surface area contributed by atoms with Crippen LogP contribution in [0, 0.1) is 5.92 Å². The Morgan fingerprint density at radius 2 is 2.17 bits per heavy atom. The highest BCUT2D eigenvalue weighted by molar-refractivity contribution is 5.71. The fourth-order valence-electron chi connectivity index (χ4n) is 2.36. The second-order valence-corrected chi connectivity index (χ2v) is 4.89. The van der Waals surface area contributed by atoms with Gasteiger partial charge in [0.25, 0.3) is 0 Å². The Kier molecular flexibility index (Phi) is 4.20. The van der Waals surface area contributed by atoms with Crippen LogP contribution in [0.1, 0.15) is 19.8 Å². The third-order valence-corrected chi connectivity index (χ3v) is 3.43. The van der Waals surface area contributed by atoms with E-state index >= 15 is 0 Å². The van der Waals surface area contributed by atoms with E-state index in [1.54, 1.807) is 17.0 Å². The SMILES string of the molecule is CC1CCN(C(=O)Oc2ccccc2)C(CN)C1. The van der Waals surface area contributed by atoms with Crippen LogP contribution in [0.15, 0.2) is 30.3 Å². The van der Waals surface area contributed by atoms with Gasteiger partial charge in [-0.05, 0) is 30.9 Å². The normalized spacial score (nSPS) is 23.8. The smallest absolute Gasteiger partial charge is 0.410 e. The van der Waals surface area contributed by atoms with Gasteiger partial charge in [0.1, 0.15) is 5.75 Å². The zero-order valence-corrected chi connectivity index (χ0v) is 10.7. The number of hydrogen-bond acceptors (Lipinski definition) is 3. The van der Waals surface area contributed by atoms with E-state index in [-0.39, 0.29) is 12.1 Å². The van der Waals surface area contributed by atoms with Crippen LogP contribution < -0.4 is 10.5 Å². The fourth-order valence-corrected chi connectivity index (χ4v) is 2.36. The molecule has 1 aromatic carbocycles. The lowest BCUT2D eigenvalue weighted by molar-refractivity contribution is 0.101. The number of benzene rings is 1. The lowest BCUT2D eigenvalue weighted by Gasteiger charge is -2.36. The molecule has 18 heavy (non-hydrogen) atoms. The molecule has 0 aromatic heterocycles. The van der Waals surface area contributed by atoms with Gasteiger partial charge in [0.05, 0.1) is 0 Å². The number of hydrogen-bond donors (Lipinski definition) is 1. The maximum atomic E-state index is 12.1. The van der Waals surface area contributed by atoms with Crippen molar-refractivity contribution in [3.8, 4) is 5.75 Å². The number of amides is 1. The summed E-state index contributed by atoms with van der Waals surface area (Å²) < 4.78 is 5.35. The van der Waals surface area contributed by atoms with Crippen LogP contribution in [0.2, 0.25) is 0 Å². The van der Waals surface area contributed by atoms with Crippen molar-refractivity contribution in [2.45, 2.75) is 25.8 Å². The van der Waals surface area contributed by atoms with Gasteiger partial charge >= 0.3 is 6.09 Å². The molecule has 0 saturated carbocycles. The molecule has 0 bridgehead atoms. The second kappa shape index (κ2) is 5.87. The van der Waals surface area contributed by atoms with Gasteiger partial charge in [0, 0.05) is 19.1 Å². The van der Waals surface area contributed by atoms with E-state index in [0.717, 1.165) is 19.4 Å². The zero-order valence-electron chi connectivity index (χ0n) is 10.7. The highest BCUT2D eigenvalue weighted by Gasteiger charge is 2.30. The molecule has 0 spiro atoms. The maximum Gasteiger partial charge on any atom is 0.415 e. The van der Waals surface area contributed by atoms with E-state index in [9.17, 15) is 4.79 Å². The molecule has 2 atom stereocenters. The van der Waals surface area contributed by atoms with Gasteiger partial charge in [-0.15, -0.1) is 0 Å². The monoisotopic (exact) mass is 248 g/mol. The maximum absolute atomic E-state index is 12.1. The first-order valence-corrected chi connectivity index (χ1v) is 6.44. The van der Waals surface area contributed by atoms with Crippen LogP contribution in [-0.2, 0) is 0 Å². The summed E-state index contributed by atoms with van der Waals surface area (Å²) in [6.07, 6.45) is 1.68. The average molecular weight is 248 g/mol. The van der Waals surface area contributed by atoms with Crippen LogP contribution in [0.4, 0.5) is 4.79 Å². The van der Waals surface area contributed by atoms with Gasteiger partial charge < -0.3 is 15.4 Å². The van der Waals surface area contributed by atoms with E-state index < -0.39 is 0 Å². The lowest BCUT2D eigenvalue weighted by Crippen LogP contribution is -2.50. The van der Waals surface area contributed by atoms with Crippen molar-refractivity contribution in [2.75, 3.05) is 13.1 Å². The first-order chi connectivity index (χ1) is 8.70. The molecule has 4 heteroatoms. The molecule has 98 valence electrons. The van der Waals surface area contributed by atoms with E-state index in [4.69, 9.17) is 10.5 Å². The molecular formula is C14H20N2O2. The number of para-hydroxylation sites is 1. The number of likely N-dealkylation sites (tertiary alicyclic amines) is 1. The second-order valence-electron chi connectivity index (χ2n) is 4.89. The minimum absolute atomic E-state index is 0.102. The predicted molar refractivity (Wildman–Crippen MR) is 70.4 cm³/mol. The third kappa shape index (κ3) is 3.01. The third-order valence-electron chi connectivity index (χ3n) is 3.43. The Bertz CT molecular complexity index is 394. The van der Waals surface area contributed by atoms with Gasteiger partial charge in [-0.3, -0.25) is 0 Å². The summed E-state index contributed by atoms with van der Waals surface area (Å²) in [4.78, 5) is 13.8. The van der Waals surface area contributed by atoms with Gasteiger partial charge in [-0.25, -0.2) is 4.79 Å². The Hall–Kier alpha value is -1.55.